The van der Waals surface area contributed by atoms with Crippen molar-refractivity contribution in [1.29, 1.82) is 0 Å². The van der Waals surface area contributed by atoms with Crippen LogP contribution in [0.4, 0.5) is 0 Å². The minimum atomic E-state index is -3.32. The summed E-state index contributed by atoms with van der Waals surface area (Å²) in [6.07, 6.45) is 5.58. The first-order chi connectivity index (χ1) is 17.3. The first-order valence-electron chi connectivity index (χ1n) is 14.7. The van der Waals surface area contributed by atoms with Gasteiger partial charge >= 0.3 is 33.5 Å². The maximum atomic E-state index is 7.40. The van der Waals surface area contributed by atoms with Crippen molar-refractivity contribution in [2.75, 3.05) is 19.8 Å². The van der Waals surface area contributed by atoms with E-state index in [0.29, 0.717) is 37.9 Å². The topological polar surface area (TPSA) is 77.1 Å². The summed E-state index contributed by atoms with van der Waals surface area (Å²) < 4.78 is 53.4. The zero-order valence-electron chi connectivity index (χ0n) is 26.7. The van der Waals surface area contributed by atoms with E-state index in [-0.39, 0.29) is 0 Å². The van der Waals surface area contributed by atoms with Crippen LogP contribution in [-0.2, 0) is 34.5 Å². The van der Waals surface area contributed by atoms with Crippen molar-refractivity contribution in [2.45, 2.75) is 130 Å². The van der Waals surface area contributed by atoms with Gasteiger partial charge in [-0.3, -0.25) is 0 Å². The molecule has 0 N–H and O–H groups in total. The Balaban J connectivity index is 2.47. The maximum Gasteiger partial charge on any atom is 0.537 e. The molecule has 1 heterocycles. The number of hydrogen-bond acceptors (Lipinski definition) is 8. The summed E-state index contributed by atoms with van der Waals surface area (Å²) >= 11 is 0. The average Bonchev–Trinajstić information content (AvgIpc) is 3.47. The highest BCUT2D eigenvalue weighted by atomic mass is 29.3. The van der Waals surface area contributed by atoms with E-state index in [0.717, 1.165) is 18.9 Å². The average molecular weight is 643 g/mol. The Labute approximate surface area is 239 Å². The summed E-state index contributed by atoms with van der Waals surface area (Å²) in [4.78, 5) is 0. The van der Waals surface area contributed by atoms with Crippen LogP contribution in [0.15, 0.2) is 0 Å². The number of hydrogen-bond donors (Lipinski definition) is 0. The third-order valence-corrected chi connectivity index (χ3v) is 32.8. The molecule has 226 valence electrons. The van der Waals surface area contributed by atoms with E-state index >= 15 is 0 Å². The molecule has 5 atom stereocenters. The molecule has 0 aromatic heterocycles. The van der Waals surface area contributed by atoms with Crippen LogP contribution in [0.3, 0.4) is 0 Å². The third-order valence-electron chi connectivity index (χ3n) is 6.60. The maximum absolute atomic E-state index is 7.40. The zero-order valence-corrected chi connectivity index (χ0v) is 32.7. The Hall–Kier alpha value is 0.981. The van der Waals surface area contributed by atoms with Gasteiger partial charge in [-0.25, -0.2) is 0 Å². The molecule has 1 saturated carbocycles. The minimum absolute atomic E-state index is 0.466. The Bertz CT molecular complexity index is 731. The predicted octanol–water partition coefficient (Wildman–Crippen LogP) is 6.65. The molecule has 0 bridgehead atoms. The molecule has 8 nitrogen and oxygen atoms in total. The lowest BCUT2D eigenvalue weighted by molar-refractivity contribution is 0.0779. The monoisotopic (exact) mass is 642 g/mol. The fraction of sp³-hybridized carbons (Fsp3) is 1.00. The SMILES string of the molecule is CCO[Si](OCC)(OCC)[Si](C)(O[Si](C)(C)C)O[Si](C)(CCC1CCC2OC2C1)O[Si](C)(C)O[Si](C)(C)C. The van der Waals surface area contributed by atoms with Crippen LogP contribution in [0.2, 0.25) is 71.5 Å². The van der Waals surface area contributed by atoms with Crippen LogP contribution in [0.5, 0.6) is 0 Å². The second-order valence-electron chi connectivity index (χ2n) is 13.4. The van der Waals surface area contributed by atoms with E-state index in [1.165, 1.54) is 12.8 Å². The van der Waals surface area contributed by atoms with Crippen molar-refractivity contribution in [3.8, 4) is 0 Å². The number of ether oxygens (including phenoxy) is 1. The summed E-state index contributed by atoms with van der Waals surface area (Å²) in [5, 5.41) is 0. The van der Waals surface area contributed by atoms with E-state index in [2.05, 4.69) is 65.5 Å². The molecular formula is C24H58O8Si6. The summed E-state index contributed by atoms with van der Waals surface area (Å²) in [7, 11) is -15.7. The fourth-order valence-corrected chi connectivity index (χ4v) is 41.0. The van der Waals surface area contributed by atoms with Gasteiger partial charge in [0, 0.05) is 19.8 Å². The first-order valence-corrected chi connectivity index (χ1v) is 31.9. The van der Waals surface area contributed by atoms with E-state index < -0.39 is 50.2 Å². The van der Waals surface area contributed by atoms with Gasteiger partial charge in [-0.15, -0.1) is 0 Å². The zero-order chi connectivity index (χ0) is 29.0. The second-order valence-corrected chi connectivity index (χ2v) is 39.1. The minimum Gasteiger partial charge on any atom is -0.437 e. The normalized spacial score (nSPS) is 26.0. The number of epoxide rings is 1. The van der Waals surface area contributed by atoms with E-state index in [4.69, 9.17) is 34.5 Å². The molecule has 2 fully saturated rings. The lowest BCUT2D eigenvalue weighted by atomic mass is 9.88. The van der Waals surface area contributed by atoms with Crippen LogP contribution in [0, 0.1) is 5.92 Å². The molecular weight excluding hydrogens is 585 g/mol. The van der Waals surface area contributed by atoms with Crippen molar-refractivity contribution in [2.24, 2.45) is 5.92 Å². The van der Waals surface area contributed by atoms with Crippen LogP contribution in [0.25, 0.3) is 0 Å². The third kappa shape index (κ3) is 10.7. The van der Waals surface area contributed by atoms with Gasteiger partial charge in [-0.05, 0) is 124 Å². The van der Waals surface area contributed by atoms with Crippen LogP contribution >= 0.6 is 0 Å². The largest absolute Gasteiger partial charge is 0.537 e. The summed E-state index contributed by atoms with van der Waals surface area (Å²) in [5.74, 6) is 0.638. The van der Waals surface area contributed by atoms with Crippen molar-refractivity contribution in [3.63, 3.8) is 0 Å². The van der Waals surface area contributed by atoms with Gasteiger partial charge in [0.05, 0.1) is 12.2 Å². The van der Waals surface area contributed by atoms with Crippen LogP contribution < -0.4 is 0 Å². The molecule has 2 rings (SSSR count). The fourth-order valence-electron chi connectivity index (χ4n) is 5.85. The number of fused-ring (bicyclic) bond motifs is 1. The molecule has 14 heteroatoms. The van der Waals surface area contributed by atoms with Crippen LogP contribution in [0.1, 0.15) is 46.5 Å². The lowest BCUT2D eigenvalue weighted by Gasteiger charge is -2.48. The van der Waals surface area contributed by atoms with Gasteiger partial charge < -0.3 is 34.5 Å². The Morgan fingerprint density at radius 2 is 1.16 bits per heavy atom. The van der Waals surface area contributed by atoms with Gasteiger partial charge in [0.25, 0.3) is 0 Å². The molecule has 0 amide bonds. The first kappa shape index (κ1) is 35.2. The smallest absolute Gasteiger partial charge is 0.437 e. The van der Waals surface area contributed by atoms with Crippen molar-refractivity contribution >= 4 is 50.2 Å². The number of rotatable bonds is 18. The molecule has 1 aliphatic carbocycles. The van der Waals surface area contributed by atoms with E-state index in [1.807, 2.05) is 20.8 Å². The molecule has 0 radical (unpaired) electrons. The van der Waals surface area contributed by atoms with E-state index in [1.54, 1.807) is 0 Å². The lowest BCUT2D eigenvalue weighted by Crippen LogP contribution is -2.75. The second kappa shape index (κ2) is 13.5. The quantitative estimate of drug-likeness (QED) is 0.121. The highest BCUT2D eigenvalue weighted by molar-refractivity contribution is 7.31. The molecule has 2 aliphatic rings. The summed E-state index contributed by atoms with van der Waals surface area (Å²) in [5.41, 5.74) is 0. The van der Waals surface area contributed by atoms with E-state index in [9.17, 15) is 0 Å². The summed E-state index contributed by atoms with van der Waals surface area (Å²) in [6, 6.07) is 0.882. The Morgan fingerprint density at radius 3 is 1.61 bits per heavy atom. The van der Waals surface area contributed by atoms with Gasteiger partial charge in [0.2, 0.25) is 0 Å². The van der Waals surface area contributed by atoms with Crippen molar-refractivity contribution < 1.29 is 34.5 Å². The van der Waals surface area contributed by atoms with Gasteiger partial charge in [0.1, 0.15) is 0 Å². The molecule has 5 unspecified atom stereocenters. The standard InChI is InChI=1S/C24H58O8Si6/c1-14-25-38(26-15-2,27-16-3)37(13,30-34(7,8)9)32-36(12,31-35(10,11)29-33(4,5)6)20-19-22-17-18-23-24(21-22)28-23/h22-24H,14-21H2,1-13H3. The highest BCUT2D eigenvalue weighted by Crippen LogP contribution is 2.43. The molecule has 38 heavy (non-hydrogen) atoms. The van der Waals surface area contributed by atoms with Crippen LogP contribution in [-0.4, -0.2) is 82.2 Å². The Kier molecular flexibility index (Phi) is 12.5. The molecule has 0 spiro atoms. The molecule has 1 saturated heterocycles. The van der Waals surface area contributed by atoms with Crippen molar-refractivity contribution in [1.82, 2.24) is 0 Å². The van der Waals surface area contributed by atoms with Gasteiger partial charge in [-0.2, -0.15) is 0 Å². The molecule has 0 aromatic rings. The highest BCUT2D eigenvalue weighted by Gasteiger charge is 2.68. The van der Waals surface area contributed by atoms with Gasteiger partial charge in [-0.1, -0.05) is 0 Å². The molecule has 0 aromatic carbocycles. The predicted molar refractivity (Wildman–Crippen MR) is 168 cm³/mol. The summed E-state index contributed by atoms with van der Waals surface area (Å²) in [6.45, 7) is 29.4. The van der Waals surface area contributed by atoms with Crippen molar-refractivity contribution in [3.05, 3.63) is 0 Å². The van der Waals surface area contributed by atoms with Gasteiger partial charge in [0.15, 0.2) is 16.6 Å². The molecule has 1 aliphatic heterocycles. The Morgan fingerprint density at radius 1 is 0.632 bits per heavy atom.